The number of halogens is 3. The summed E-state index contributed by atoms with van der Waals surface area (Å²) < 4.78 is 40.5. The average molecular weight is 540 g/mol. The number of hydrogen-bond donors (Lipinski definition) is 1. The molecule has 6 rings (SSSR count). The second-order valence-electron chi connectivity index (χ2n) is 9.69. The minimum atomic E-state index is -4.38. The third-order valence-corrected chi connectivity index (χ3v) is 7.76. The van der Waals surface area contributed by atoms with Crippen LogP contribution in [-0.2, 0) is 6.18 Å². The fourth-order valence-electron chi connectivity index (χ4n) is 5.14. The molecule has 0 spiro atoms. The van der Waals surface area contributed by atoms with E-state index in [2.05, 4.69) is 10.3 Å². The van der Waals surface area contributed by atoms with Crippen molar-refractivity contribution in [3.05, 3.63) is 82.4 Å². The molecule has 0 radical (unpaired) electrons. The minimum Gasteiger partial charge on any atom is -0.336 e. The molecule has 2 aromatic carbocycles. The molecule has 1 N–H and O–H groups in total. The molecule has 1 atom stereocenters. The van der Waals surface area contributed by atoms with Gasteiger partial charge in [0.15, 0.2) is 0 Å². The molecule has 2 saturated heterocycles. The zero-order valence-corrected chi connectivity index (χ0v) is 21.0. The van der Waals surface area contributed by atoms with E-state index in [1.165, 1.54) is 23.5 Å². The average Bonchev–Trinajstić information content (AvgIpc) is 3.65. The Morgan fingerprint density at radius 1 is 0.947 bits per heavy atom. The smallest absolute Gasteiger partial charge is 0.336 e. The lowest BCUT2D eigenvalue weighted by Crippen LogP contribution is -2.62. The zero-order chi connectivity index (χ0) is 26.4. The second-order valence-corrected chi connectivity index (χ2v) is 10.4. The molecular weight excluding hydrogens is 515 g/mol. The molecule has 7 nitrogen and oxygen atoms in total. The molecule has 196 valence electrons. The maximum Gasteiger partial charge on any atom is 0.416 e. The Morgan fingerprint density at radius 2 is 1.71 bits per heavy atom. The number of carbonyl (C=O) groups excluding carboxylic acids is 2. The van der Waals surface area contributed by atoms with Crippen LogP contribution in [0.15, 0.2) is 65.6 Å². The topological polar surface area (TPSA) is 70.5 Å². The van der Waals surface area contributed by atoms with E-state index in [1.54, 1.807) is 32.6 Å². The lowest BCUT2D eigenvalue weighted by Gasteiger charge is -2.41. The van der Waals surface area contributed by atoms with Gasteiger partial charge in [0, 0.05) is 66.5 Å². The Morgan fingerprint density at radius 3 is 2.42 bits per heavy atom. The van der Waals surface area contributed by atoms with Gasteiger partial charge in [0.05, 0.1) is 16.6 Å². The van der Waals surface area contributed by atoms with Crippen molar-refractivity contribution >= 4 is 34.1 Å². The van der Waals surface area contributed by atoms with Crippen molar-refractivity contribution in [2.45, 2.75) is 24.7 Å². The van der Waals surface area contributed by atoms with Gasteiger partial charge >= 0.3 is 6.18 Å². The molecular formula is C27H24F3N5O2S. The standard InChI is InChI=1S/C27H24F3N5O2S/c28-27(29,30)19-2-4-22(5-3-19)35-10-7-17-11-18(1-6-24(17)35)25(36)34-13-21(14-34)32-20-8-9-33(12-20)26(37)23-15-38-16-31-23/h1-7,10-11,15-16,20-21,32H,8-9,12-14H2/t20-/m0/s1. The number of aromatic nitrogens is 2. The molecule has 38 heavy (non-hydrogen) atoms. The summed E-state index contributed by atoms with van der Waals surface area (Å²) in [6.07, 6.45) is -1.72. The van der Waals surface area contributed by atoms with Gasteiger partial charge in [-0.15, -0.1) is 11.3 Å². The van der Waals surface area contributed by atoms with Crippen LogP contribution in [0.1, 0.15) is 32.8 Å². The first kappa shape index (κ1) is 24.6. The maximum absolute atomic E-state index is 13.1. The van der Waals surface area contributed by atoms with Crippen LogP contribution in [0.25, 0.3) is 16.6 Å². The fourth-order valence-corrected chi connectivity index (χ4v) is 5.66. The predicted molar refractivity (Wildman–Crippen MR) is 138 cm³/mol. The van der Waals surface area contributed by atoms with Crippen molar-refractivity contribution in [1.82, 2.24) is 24.7 Å². The van der Waals surface area contributed by atoms with Crippen LogP contribution in [0.4, 0.5) is 13.2 Å². The molecule has 2 amide bonds. The molecule has 2 aromatic heterocycles. The monoisotopic (exact) mass is 539 g/mol. The van der Waals surface area contributed by atoms with E-state index < -0.39 is 11.7 Å². The number of alkyl halides is 3. The number of rotatable bonds is 5. The Balaban J connectivity index is 1.05. The molecule has 4 aromatic rings. The highest BCUT2D eigenvalue weighted by Crippen LogP contribution is 2.30. The number of carbonyl (C=O) groups is 2. The highest BCUT2D eigenvalue weighted by molar-refractivity contribution is 7.07. The molecule has 0 aliphatic carbocycles. The summed E-state index contributed by atoms with van der Waals surface area (Å²) in [4.78, 5) is 33.3. The molecule has 11 heteroatoms. The van der Waals surface area contributed by atoms with Gasteiger partial charge in [-0.2, -0.15) is 13.2 Å². The Hall–Kier alpha value is -3.70. The van der Waals surface area contributed by atoms with Crippen LogP contribution in [0.3, 0.4) is 0 Å². The third-order valence-electron chi connectivity index (χ3n) is 7.18. The summed E-state index contributed by atoms with van der Waals surface area (Å²) in [6.45, 7) is 2.52. The quantitative estimate of drug-likeness (QED) is 0.407. The number of hydrogen-bond acceptors (Lipinski definition) is 5. The van der Waals surface area contributed by atoms with E-state index in [-0.39, 0.29) is 23.9 Å². The number of nitrogens with one attached hydrogen (secondary N) is 1. The summed E-state index contributed by atoms with van der Waals surface area (Å²) >= 11 is 1.41. The van der Waals surface area contributed by atoms with Gasteiger partial charge < -0.3 is 19.7 Å². The predicted octanol–water partition coefficient (Wildman–Crippen LogP) is 4.43. The zero-order valence-electron chi connectivity index (χ0n) is 20.2. The molecule has 0 bridgehead atoms. The Bertz CT molecular complexity index is 1480. The molecule has 4 heterocycles. The van der Waals surface area contributed by atoms with Crippen molar-refractivity contribution in [3.63, 3.8) is 0 Å². The fraction of sp³-hybridized carbons (Fsp3) is 0.296. The number of fused-ring (bicyclic) bond motifs is 1. The third kappa shape index (κ3) is 4.67. The first-order valence-corrected chi connectivity index (χ1v) is 13.2. The van der Waals surface area contributed by atoms with Crippen LogP contribution in [0, 0.1) is 0 Å². The van der Waals surface area contributed by atoms with Crippen LogP contribution in [0.5, 0.6) is 0 Å². The molecule has 2 fully saturated rings. The summed E-state index contributed by atoms with van der Waals surface area (Å²) in [5.74, 6) is -0.0949. The maximum atomic E-state index is 13.1. The number of thiazole rings is 1. The van der Waals surface area contributed by atoms with Gasteiger partial charge in [0.25, 0.3) is 11.8 Å². The largest absolute Gasteiger partial charge is 0.416 e. The van der Waals surface area contributed by atoms with Crippen LogP contribution in [0.2, 0.25) is 0 Å². The number of likely N-dealkylation sites (tertiary alicyclic amines) is 2. The molecule has 2 aliphatic rings. The number of nitrogens with zero attached hydrogens (tertiary/aromatic N) is 4. The van der Waals surface area contributed by atoms with Gasteiger partial charge in [-0.3, -0.25) is 9.59 Å². The second kappa shape index (κ2) is 9.55. The van der Waals surface area contributed by atoms with Crippen molar-refractivity contribution in [2.75, 3.05) is 26.2 Å². The summed E-state index contributed by atoms with van der Waals surface area (Å²) in [6, 6.07) is 12.6. The summed E-state index contributed by atoms with van der Waals surface area (Å²) in [5.41, 5.74) is 3.45. The van der Waals surface area contributed by atoms with Gasteiger partial charge in [0.1, 0.15) is 5.69 Å². The van der Waals surface area contributed by atoms with E-state index in [9.17, 15) is 22.8 Å². The van der Waals surface area contributed by atoms with E-state index in [4.69, 9.17) is 0 Å². The first-order chi connectivity index (χ1) is 18.3. The minimum absolute atomic E-state index is 0.0384. The van der Waals surface area contributed by atoms with Crippen molar-refractivity contribution in [3.8, 4) is 5.69 Å². The molecule has 2 aliphatic heterocycles. The Labute approximate surface area is 220 Å². The normalized spacial score (nSPS) is 18.2. The number of amides is 2. The van der Waals surface area contributed by atoms with E-state index in [0.717, 1.165) is 29.5 Å². The van der Waals surface area contributed by atoms with Gasteiger partial charge in [0.2, 0.25) is 0 Å². The van der Waals surface area contributed by atoms with Crippen molar-refractivity contribution in [1.29, 1.82) is 0 Å². The molecule has 0 unspecified atom stereocenters. The Kier molecular flexibility index (Phi) is 6.19. The highest BCUT2D eigenvalue weighted by atomic mass is 32.1. The van der Waals surface area contributed by atoms with E-state index in [0.29, 0.717) is 43.1 Å². The van der Waals surface area contributed by atoms with Crippen molar-refractivity contribution in [2.24, 2.45) is 0 Å². The van der Waals surface area contributed by atoms with Crippen LogP contribution < -0.4 is 5.32 Å². The van der Waals surface area contributed by atoms with E-state index >= 15 is 0 Å². The van der Waals surface area contributed by atoms with Crippen molar-refractivity contribution < 1.29 is 22.8 Å². The molecule has 0 saturated carbocycles. The first-order valence-electron chi connectivity index (χ1n) is 12.3. The summed E-state index contributed by atoms with van der Waals surface area (Å²) in [5, 5.41) is 6.17. The van der Waals surface area contributed by atoms with Gasteiger partial charge in [-0.25, -0.2) is 4.98 Å². The van der Waals surface area contributed by atoms with Gasteiger partial charge in [-0.1, -0.05) is 0 Å². The SMILES string of the molecule is O=C(c1ccc2c(ccn2-c2ccc(C(F)(F)F)cc2)c1)N1CC(N[C@H]2CCN(C(=O)c3cscn3)C2)C1. The lowest BCUT2D eigenvalue weighted by atomic mass is 10.0. The van der Waals surface area contributed by atoms with Crippen LogP contribution >= 0.6 is 11.3 Å². The van der Waals surface area contributed by atoms with Crippen LogP contribution in [-0.4, -0.2) is 69.4 Å². The number of benzene rings is 2. The lowest BCUT2D eigenvalue weighted by molar-refractivity contribution is -0.137. The van der Waals surface area contributed by atoms with E-state index in [1.807, 2.05) is 23.1 Å². The highest BCUT2D eigenvalue weighted by Gasteiger charge is 2.35. The summed E-state index contributed by atoms with van der Waals surface area (Å²) in [7, 11) is 0. The van der Waals surface area contributed by atoms with Gasteiger partial charge in [-0.05, 0) is 55.0 Å².